The van der Waals surface area contributed by atoms with E-state index in [1.807, 2.05) is 6.92 Å². The molecule has 0 spiro atoms. The predicted octanol–water partition coefficient (Wildman–Crippen LogP) is 1.61. The fourth-order valence-corrected chi connectivity index (χ4v) is 2.53. The highest BCUT2D eigenvalue weighted by Crippen LogP contribution is 2.30. The summed E-state index contributed by atoms with van der Waals surface area (Å²) >= 11 is 0. The molecule has 1 amide bonds. The number of amides is 1. The van der Waals surface area contributed by atoms with Gasteiger partial charge in [-0.2, -0.15) is 0 Å². The molecule has 1 atom stereocenters. The Morgan fingerprint density at radius 2 is 1.90 bits per heavy atom. The number of hydrogen-bond acceptors (Lipinski definition) is 4. The van der Waals surface area contributed by atoms with E-state index in [-0.39, 0.29) is 5.91 Å². The molecule has 1 aromatic carbocycles. The lowest BCUT2D eigenvalue weighted by atomic mass is 10.0. The van der Waals surface area contributed by atoms with Crippen molar-refractivity contribution in [3.63, 3.8) is 0 Å². The number of carbonyl (C=O) groups is 1. The number of methoxy groups -OCH3 is 2. The highest BCUT2D eigenvalue weighted by Gasteiger charge is 2.24. The van der Waals surface area contributed by atoms with Gasteiger partial charge in [-0.3, -0.25) is 4.79 Å². The number of aliphatic hydroxyl groups excluding tert-OH is 1. The SMILES string of the molecule is COc1cc(C(=O)N2CCCC(O)C2)cc(OC)c1C. The van der Waals surface area contributed by atoms with Crippen molar-refractivity contribution in [1.29, 1.82) is 0 Å². The van der Waals surface area contributed by atoms with Crippen LogP contribution in [0.1, 0.15) is 28.8 Å². The lowest BCUT2D eigenvalue weighted by Gasteiger charge is -2.30. The summed E-state index contributed by atoms with van der Waals surface area (Å²) in [4.78, 5) is 14.2. The van der Waals surface area contributed by atoms with Crippen LogP contribution in [0.4, 0.5) is 0 Å². The molecule has 0 aromatic heterocycles. The van der Waals surface area contributed by atoms with E-state index in [0.29, 0.717) is 30.2 Å². The van der Waals surface area contributed by atoms with Gasteiger partial charge in [0.05, 0.1) is 20.3 Å². The first kappa shape index (κ1) is 14.7. The number of ether oxygens (including phenoxy) is 2. The predicted molar refractivity (Wildman–Crippen MR) is 75.4 cm³/mol. The molecule has 5 nitrogen and oxygen atoms in total. The Morgan fingerprint density at radius 3 is 2.40 bits per heavy atom. The molecule has 1 saturated heterocycles. The van der Waals surface area contributed by atoms with E-state index in [1.54, 1.807) is 31.3 Å². The van der Waals surface area contributed by atoms with Crippen LogP contribution in [0.2, 0.25) is 0 Å². The third kappa shape index (κ3) is 2.88. The molecular weight excluding hydrogens is 258 g/mol. The Hall–Kier alpha value is -1.75. The molecule has 0 aliphatic carbocycles. The van der Waals surface area contributed by atoms with Crippen molar-refractivity contribution in [3.8, 4) is 11.5 Å². The molecule has 110 valence electrons. The molecule has 0 saturated carbocycles. The highest BCUT2D eigenvalue weighted by molar-refractivity contribution is 5.95. The monoisotopic (exact) mass is 279 g/mol. The highest BCUT2D eigenvalue weighted by atomic mass is 16.5. The van der Waals surface area contributed by atoms with Crippen molar-refractivity contribution in [3.05, 3.63) is 23.3 Å². The Labute approximate surface area is 119 Å². The Morgan fingerprint density at radius 1 is 1.30 bits per heavy atom. The van der Waals surface area contributed by atoms with Crippen LogP contribution in [0.25, 0.3) is 0 Å². The van der Waals surface area contributed by atoms with E-state index in [1.165, 1.54) is 0 Å². The van der Waals surface area contributed by atoms with Crippen LogP contribution in [-0.4, -0.2) is 49.3 Å². The number of rotatable bonds is 3. The molecule has 1 N–H and O–H groups in total. The second kappa shape index (κ2) is 6.13. The maximum atomic E-state index is 12.5. The minimum atomic E-state index is -0.429. The van der Waals surface area contributed by atoms with Gasteiger partial charge >= 0.3 is 0 Å². The zero-order valence-corrected chi connectivity index (χ0v) is 12.2. The average molecular weight is 279 g/mol. The molecule has 1 aliphatic rings. The largest absolute Gasteiger partial charge is 0.496 e. The van der Waals surface area contributed by atoms with Crippen LogP contribution in [0, 0.1) is 6.92 Å². The van der Waals surface area contributed by atoms with Gasteiger partial charge in [0.25, 0.3) is 5.91 Å². The van der Waals surface area contributed by atoms with Crippen molar-refractivity contribution in [2.45, 2.75) is 25.9 Å². The smallest absolute Gasteiger partial charge is 0.254 e. The second-order valence-corrected chi connectivity index (χ2v) is 5.05. The molecule has 2 rings (SSSR count). The van der Waals surface area contributed by atoms with Crippen LogP contribution in [0.5, 0.6) is 11.5 Å². The van der Waals surface area contributed by atoms with Crippen LogP contribution in [0.3, 0.4) is 0 Å². The number of β-amino-alcohol motifs (C(OH)–C–C–N with tert-alkyl or cyclic N) is 1. The Kier molecular flexibility index (Phi) is 4.49. The van der Waals surface area contributed by atoms with E-state index in [9.17, 15) is 9.90 Å². The number of carbonyl (C=O) groups excluding carboxylic acids is 1. The third-order valence-corrected chi connectivity index (χ3v) is 3.68. The summed E-state index contributed by atoms with van der Waals surface area (Å²) in [5.41, 5.74) is 1.39. The number of piperidine rings is 1. The van der Waals surface area contributed by atoms with Crippen LogP contribution >= 0.6 is 0 Å². The summed E-state index contributed by atoms with van der Waals surface area (Å²) in [6.07, 6.45) is 1.15. The molecule has 1 unspecified atom stereocenters. The van der Waals surface area contributed by atoms with E-state index < -0.39 is 6.10 Å². The molecule has 0 radical (unpaired) electrons. The molecule has 0 bridgehead atoms. The van der Waals surface area contributed by atoms with Crippen molar-refractivity contribution in [1.82, 2.24) is 4.90 Å². The fraction of sp³-hybridized carbons (Fsp3) is 0.533. The number of benzene rings is 1. The quantitative estimate of drug-likeness (QED) is 0.913. The Balaban J connectivity index is 2.29. The van der Waals surface area contributed by atoms with Gasteiger partial charge in [0.15, 0.2) is 0 Å². The van der Waals surface area contributed by atoms with Gasteiger partial charge in [-0.15, -0.1) is 0 Å². The van der Waals surface area contributed by atoms with Crippen LogP contribution in [0.15, 0.2) is 12.1 Å². The van der Waals surface area contributed by atoms with Crippen molar-refractivity contribution >= 4 is 5.91 Å². The molecule has 1 fully saturated rings. The van der Waals surface area contributed by atoms with Crippen molar-refractivity contribution in [2.75, 3.05) is 27.3 Å². The third-order valence-electron chi connectivity index (χ3n) is 3.68. The van der Waals surface area contributed by atoms with Gasteiger partial charge < -0.3 is 19.5 Å². The van der Waals surface area contributed by atoms with E-state index in [2.05, 4.69) is 0 Å². The molecule has 1 aromatic rings. The summed E-state index contributed by atoms with van der Waals surface area (Å²) in [5.74, 6) is 1.16. The van der Waals surface area contributed by atoms with E-state index in [4.69, 9.17) is 9.47 Å². The standard InChI is InChI=1S/C15H21NO4/c1-10-13(19-2)7-11(8-14(10)20-3)15(18)16-6-4-5-12(17)9-16/h7-8,12,17H,4-6,9H2,1-3H3. The minimum absolute atomic E-state index is 0.0969. The fourth-order valence-electron chi connectivity index (χ4n) is 2.53. The zero-order chi connectivity index (χ0) is 14.7. The second-order valence-electron chi connectivity index (χ2n) is 5.05. The number of aliphatic hydroxyl groups is 1. The molecule has 1 aliphatic heterocycles. The van der Waals surface area contributed by atoms with Crippen molar-refractivity contribution in [2.24, 2.45) is 0 Å². The van der Waals surface area contributed by atoms with Gasteiger partial charge in [0.2, 0.25) is 0 Å². The maximum Gasteiger partial charge on any atom is 0.254 e. The van der Waals surface area contributed by atoms with Gasteiger partial charge in [-0.1, -0.05) is 0 Å². The van der Waals surface area contributed by atoms with Crippen molar-refractivity contribution < 1.29 is 19.4 Å². The zero-order valence-electron chi connectivity index (χ0n) is 12.2. The lowest BCUT2D eigenvalue weighted by molar-refractivity contribution is 0.0473. The van der Waals surface area contributed by atoms with Gasteiger partial charge in [-0.05, 0) is 31.9 Å². The Bertz CT molecular complexity index is 476. The maximum absolute atomic E-state index is 12.5. The first-order chi connectivity index (χ1) is 9.56. The summed E-state index contributed by atoms with van der Waals surface area (Å²) in [5, 5.41) is 9.68. The minimum Gasteiger partial charge on any atom is -0.496 e. The average Bonchev–Trinajstić information content (AvgIpc) is 2.46. The van der Waals surface area contributed by atoms with Crippen LogP contribution < -0.4 is 9.47 Å². The first-order valence-corrected chi connectivity index (χ1v) is 6.76. The number of hydrogen-bond donors (Lipinski definition) is 1. The number of nitrogens with zero attached hydrogens (tertiary/aromatic N) is 1. The van der Waals surface area contributed by atoms with Gasteiger partial charge in [0, 0.05) is 24.2 Å². The summed E-state index contributed by atoms with van der Waals surface area (Å²) in [7, 11) is 3.14. The topological polar surface area (TPSA) is 59.0 Å². The summed E-state index contributed by atoms with van der Waals surface area (Å²) in [6.45, 7) is 2.95. The molecule has 20 heavy (non-hydrogen) atoms. The van der Waals surface area contributed by atoms with E-state index in [0.717, 1.165) is 18.4 Å². The summed E-state index contributed by atoms with van der Waals surface area (Å²) in [6, 6.07) is 3.45. The van der Waals surface area contributed by atoms with Gasteiger partial charge in [0.1, 0.15) is 11.5 Å². The molecular formula is C15H21NO4. The lowest BCUT2D eigenvalue weighted by Crippen LogP contribution is -2.42. The van der Waals surface area contributed by atoms with Gasteiger partial charge in [-0.25, -0.2) is 0 Å². The number of likely N-dealkylation sites (tertiary alicyclic amines) is 1. The molecule has 5 heteroatoms. The summed E-state index contributed by atoms with van der Waals surface area (Å²) < 4.78 is 10.6. The molecule has 1 heterocycles. The van der Waals surface area contributed by atoms with E-state index >= 15 is 0 Å². The van der Waals surface area contributed by atoms with Crippen LogP contribution in [-0.2, 0) is 0 Å². The first-order valence-electron chi connectivity index (χ1n) is 6.76. The normalized spacial score (nSPS) is 18.8.